The maximum absolute atomic E-state index is 9.96. The van der Waals surface area contributed by atoms with Crippen LogP contribution in [0.4, 0.5) is 0 Å². The summed E-state index contributed by atoms with van der Waals surface area (Å²) in [4.78, 5) is 0. The molecule has 4 radical (unpaired) electrons. The average molecular weight is 1070 g/mol. The molecule has 0 spiro atoms. The van der Waals surface area contributed by atoms with Crippen molar-refractivity contribution >= 4 is 82.8 Å². The van der Waals surface area contributed by atoms with E-state index in [1.807, 2.05) is 49.4 Å². The van der Waals surface area contributed by atoms with Gasteiger partial charge in [-0.2, -0.15) is 0 Å². The first-order chi connectivity index (χ1) is 32.9. The molecule has 3 N–H and O–H groups in total. The van der Waals surface area contributed by atoms with Crippen molar-refractivity contribution in [2.45, 2.75) is 149 Å². The second-order valence-electron chi connectivity index (χ2n) is 18.4. The fourth-order valence-corrected chi connectivity index (χ4v) is 14.9. The minimum atomic E-state index is -1.20. The lowest BCUT2D eigenvalue weighted by Crippen LogP contribution is -2.41. The van der Waals surface area contributed by atoms with Crippen LogP contribution >= 0.6 is 67.1 Å². The Labute approximate surface area is 427 Å². The van der Waals surface area contributed by atoms with E-state index in [0.717, 1.165) is 50.9 Å². The molecule has 0 aliphatic carbocycles. The number of hydrogen-bond acceptors (Lipinski definition) is 12. The number of hydrogen-bond donors (Lipinski definition) is 3. The summed E-state index contributed by atoms with van der Waals surface area (Å²) < 4.78 is 46.1. The molecule has 9 aliphatic rings. The topological polar surface area (TPSA) is 124 Å². The van der Waals surface area contributed by atoms with Crippen molar-refractivity contribution in [1.29, 1.82) is 0 Å². The van der Waals surface area contributed by atoms with Gasteiger partial charge in [0.2, 0.25) is 7.65 Å². The molecule has 12 nitrogen and oxygen atoms in total. The lowest BCUT2D eigenvalue weighted by atomic mass is 9.91. The third-order valence-corrected chi connectivity index (χ3v) is 18.3. The van der Waals surface area contributed by atoms with Gasteiger partial charge in [0, 0.05) is 43.2 Å². The Morgan fingerprint density at radius 1 is 0.750 bits per heavy atom. The largest absolute Gasteiger partial charge is 0.387 e. The Morgan fingerprint density at radius 2 is 1.26 bits per heavy atom. The second-order valence-corrected chi connectivity index (χ2v) is 26.8. The Hall–Kier alpha value is -0.240. The fraction of sp³-hybridized carbons (Fsp3) is 0.617. The lowest BCUT2D eigenvalue weighted by Gasteiger charge is -2.31. The van der Waals surface area contributed by atoms with Gasteiger partial charge in [0.05, 0.1) is 19.3 Å². The summed E-state index contributed by atoms with van der Waals surface area (Å²) in [7, 11) is 9.69. The number of nitrogens with one attached hydrogen (secondary N) is 1. The first kappa shape index (κ1) is 54.0. The zero-order chi connectivity index (χ0) is 48.0. The molecular formula is C47H62B2Cl4N3O9P3. The van der Waals surface area contributed by atoms with Crippen LogP contribution in [-0.4, -0.2) is 134 Å². The predicted molar refractivity (Wildman–Crippen MR) is 274 cm³/mol. The fourth-order valence-electron chi connectivity index (χ4n) is 10.7. The van der Waals surface area contributed by atoms with E-state index in [1.54, 1.807) is 0 Å². The summed E-state index contributed by atoms with van der Waals surface area (Å²) in [5.41, 5.74) is 2.58. The van der Waals surface area contributed by atoms with E-state index >= 15 is 0 Å². The van der Waals surface area contributed by atoms with Crippen molar-refractivity contribution in [3.05, 3.63) is 108 Å². The van der Waals surface area contributed by atoms with Gasteiger partial charge in [-0.1, -0.05) is 139 Å². The summed E-state index contributed by atoms with van der Waals surface area (Å²) in [5.74, 6) is -1.20. The van der Waals surface area contributed by atoms with Crippen molar-refractivity contribution in [2.75, 3.05) is 32.8 Å². The Balaban J connectivity index is 0.000000126. The molecule has 9 fully saturated rings. The molecule has 0 saturated carbocycles. The second kappa shape index (κ2) is 24.9. The number of rotatable bonds is 8. The monoisotopic (exact) mass is 1070 g/mol. The quantitative estimate of drug-likeness (QED) is 0.147. The molecule has 12 rings (SSSR count). The SMILES string of the molecule is ClP(Cl)Cl.ClP1OC(c2ccccc2)C2CCCN21.OC(c1ccccc1)C1CCCN1.[B][C@@H]1O[C@@]2(CC)CO[C@H]1C2O.[B][C@@H]1O[C@@]2(CC)CO[C@H]1C2OP1OC(c2ccccc2)C2CCCN21. The van der Waals surface area contributed by atoms with Gasteiger partial charge in [0.1, 0.15) is 63.5 Å². The zero-order valence-corrected chi connectivity index (χ0v) is 44.1. The Kier molecular flexibility index (Phi) is 19.8. The Bertz CT molecular complexity index is 2010. The summed E-state index contributed by atoms with van der Waals surface area (Å²) in [6.45, 7) is 8.27. The highest BCUT2D eigenvalue weighted by molar-refractivity contribution is 8.20. The Morgan fingerprint density at radius 3 is 1.78 bits per heavy atom. The summed E-state index contributed by atoms with van der Waals surface area (Å²) in [6, 6.07) is 31.1. The van der Waals surface area contributed by atoms with Gasteiger partial charge in [-0.05, 0) is 85.8 Å². The van der Waals surface area contributed by atoms with E-state index in [9.17, 15) is 10.2 Å². The van der Waals surface area contributed by atoms with E-state index in [4.69, 9.17) is 93.2 Å². The molecule has 9 heterocycles. The van der Waals surface area contributed by atoms with E-state index in [0.29, 0.717) is 25.3 Å². The highest BCUT2D eigenvalue weighted by Crippen LogP contribution is 2.64. The smallest absolute Gasteiger partial charge is 0.260 e. The van der Waals surface area contributed by atoms with Crippen LogP contribution < -0.4 is 5.32 Å². The number of ether oxygens (including phenoxy) is 4. The van der Waals surface area contributed by atoms with Crippen LogP contribution in [0, 0.1) is 0 Å². The first-order valence-corrected chi connectivity index (χ1v) is 31.1. The standard InChI is InChI=1S/C18H23BNO4P.C11H13ClNOP.C11H15NO.C7H11BO3.Cl3P/c1-2-18-11-21-15(17(19)22-18)16(18)24-25-20-10-6-9-13(20)14(23-25)12-7-4-3-5-8-12;12-15-13-8-4-7-10(13)11(14-15)9-5-2-1-3-6-9;13-11(10-7-4-8-12-10)9-5-2-1-3-6-9;1-2-7-3-10-4(5(7)9)6(8)11-7;1-4(2)3/h3-5,7-8,13-17H,2,6,9-11H2,1H3;1-3,5-6,10-11H,4,7-8H2;1-3,5-6,10-13H,4,7-8H2;4-6,9H,2-3H2,1H3;/t13?,14?,15-,16?,17+,18-,25?;;;4-,5?,6+,7-;/m0..0./s1. The first-order valence-electron chi connectivity index (χ1n) is 23.8. The summed E-state index contributed by atoms with van der Waals surface area (Å²) in [6.07, 6.45) is 7.39. The number of benzene rings is 3. The van der Waals surface area contributed by atoms with Crippen LogP contribution in [0.15, 0.2) is 91.0 Å². The highest BCUT2D eigenvalue weighted by atomic mass is 36.0. The molecule has 9 aliphatic heterocycles. The van der Waals surface area contributed by atoms with E-state index in [-0.39, 0.29) is 42.7 Å². The lowest BCUT2D eigenvalue weighted by molar-refractivity contribution is -0.118. The van der Waals surface area contributed by atoms with Crippen LogP contribution in [0.25, 0.3) is 0 Å². The maximum atomic E-state index is 9.96. The van der Waals surface area contributed by atoms with Crippen LogP contribution in [-0.2, 0) is 32.5 Å². The van der Waals surface area contributed by atoms with Gasteiger partial charge < -0.3 is 48.0 Å². The van der Waals surface area contributed by atoms with Crippen LogP contribution in [0.3, 0.4) is 0 Å². The molecule has 0 aromatic heterocycles. The van der Waals surface area contributed by atoms with Gasteiger partial charge in [-0.25, -0.2) is 9.34 Å². The molecule has 368 valence electrons. The number of nitrogens with zero attached hydrogens (tertiary/aromatic N) is 2. The normalized spacial score (nSPS) is 38.9. The van der Waals surface area contributed by atoms with Gasteiger partial charge >= 0.3 is 0 Å². The van der Waals surface area contributed by atoms with Gasteiger partial charge in [-0.3, -0.25) is 0 Å². The average Bonchev–Trinajstić information content (AvgIpc) is 4.24. The van der Waals surface area contributed by atoms with Crippen molar-refractivity contribution in [1.82, 2.24) is 14.7 Å². The van der Waals surface area contributed by atoms with Gasteiger partial charge in [-0.15, -0.1) is 0 Å². The molecular weight excluding hydrogens is 1010 g/mol. The van der Waals surface area contributed by atoms with Crippen LogP contribution in [0.2, 0.25) is 0 Å². The van der Waals surface area contributed by atoms with E-state index in [1.165, 1.54) is 36.8 Å². The number of aliphatic hydroxyl groups is 2. The molecule has 9 saturated heterocycles. The van der Waals surface area contributed by atoms with Gasteiger partial charge in [0.15, 0.2) is 5.98 Å². The van der Waals surface area contributed by atoms with Crippen molar-refractivity contribution in [3.8, 4) is 0 Å². The third kappa shape index (κ3) is 12.1. The van der Waals surface area contributed by atoms with Crippen LogP contribution in [0.1, 0.15) is 100 Å². The van der Waals surface area contributed by atoms with Crippen molar-refractivity contribution in [2.24, 2.45) is 0 Å². The van der Waals surface area contributed by atoms with E-state index < -0.39 is 51.5 Å². The minimum Gasteiger partial charge on any atom is -0.387 e. The number of aliphatic hydroxyl groups excluding tert-OH is 2. The van der Waals surface area contributed by atoms with Gasteiger partial charge in [0.25, 0.3) is 8.53 Å². The molecule has 0 amide bonds. The van der Waals surface area contributed by atoms with Crippen molar-refractivity contribution in [3.63, 3.8) is 0 Å². The molecule has 68 heavy (non-hydrogen) atoms. The molecule has 10 unspecified atom stereocenters. The molecule has 3 aromatic carbocycles. The predicted octanol–water partition coefficient (Wildman–Crippen LogP) is 10.4. The van der Waals surface area contributed by atoms with Crippen molar-refractivity contribution < 1.29 is 42.7 Å². The maximum Gasteiger partial charge on any atom is 0.260 e. The molecule has 4 bridgehead atoms. The minimum absolute atomic E-state index is 0.0851. The number of fused-ring (bicyclic) bond motifs is 6. The van der Waals surface area contributed by atoms with E-state index in [2.05, 4.69) is 70.1 Å². The molecule has 21 heteroatoms. The zero-order valence-electron chi connectivity index (χ0n) is 38.4. The molecule has 3 aromatic rings. The summed E-state index contributed by atoms with van der Waals surface area (Å²) >= 11 is 20.8. The highest BCUT2D eigenvalue weighted by Gasteiger charge is 2.62. The third-order valence-electron chi connectivity index (χ3n) is 14.4. The molecule has 16 atom stereocenters. The summed E-state index contributed by atoms with van der Waals surface area (Å²) in [5, 5.41) is 22.9. The number of halogens is 4. The van der Waals surface area contributed by atoms with Crippen LogP contribution in [0.5, 0.6) is 0 Å².